The summed E-state index contributed by atoms with van der Waals surface area (Å²) >= 11 is 0. The Morgan fingerprint density at radius 3 is 1.83 bits per heavy atom. The summed E-state index contributed by atoms with van der Waals surface area (Å²) in [4.78, 5) is -0.227. The molecule has 0 saturated heterocycles. The Morgan fingerprint density at radius 2 is 1.50 bits per heavy atom. The van der Waals surface area contributed by atoms with Crippen molar-refractivity contribution in [3.8, 4) is 5.75 Å². The van der Waals surface area contributed by atoms with Gasteiger partial charge in [-0.3, -0.25) is 4.55 Å². The second-order valence-corrected chi connectivity index (χ2v) is 3.39. The summed E-state index contributed by atoms with van der Waals surface area (Å²) in [5, 5.41) is 8.75. The van der Waals surface area contributed by atoms with E-state index in [4.69, 9.17) is 9.66 Å². The van der Waals surface area contributed by atoms with E-state index in [1.165, 1.54) is 12.1 Å². The molecule has 0 spiro atoms. The SMILES string of the molecule is O=S(=O)(O)c1ccc(O)cc1.[Al+3]. The largest absolute Gasteiger partial charge is 3.00 e. The van der Waals surface area contributed by atoms with Gasteiger partial charge >= 0.3 is 17.4 Å². The van der Waals surface area contributed by atoms with Gasteiger partial charge in [0.05, 0.1) is 4.90 Å². The molecule has 0 fully saturated rings. The zero-order chi connectivity index (χ0) is 8.48. The molecule has 0 atom stereocenters. The number of hydrogen-bond donors (Lipinski definition) is 2. The van der Waals surface area contributed by atoms with Crippen molar-refractivity contribution >= 4 is 27.5 Å². The molecule has 1 aromatic rings. The summed E-state index contributed by atoms with van der Waals surface area (Å²) in [6.07, 6.45) is 0. The van der Waals surface area contributed by atoms with Gasteiger partial charge in [-0.25, -0.2) is 0 Å². The van der Waals surface area contributed by atoms with E-state index < -0.39 is 10.1 Å². The van der Waals surface area contributed by atoms with Crippen LogP contribution in [-0.2, 0) is 10.1 Å². The average molecular weight is 201 g/mol. The third-order valence-electron chi connectivity index (χ3n) is 1.13. The summed E-state index contributed by atoms with van der Waals surface area (Å²) in [5.74, 6) is -0.0441. The molecule has 0 unspecified atom stereocenters. The Bertz CT molecular complexity index is 342. The third-order valence-corrected chi connectivity index (χ3v) is 2.00. The molecule has 0 radical (unpaired) electrons. The third kappa shape index (κ3) is 2.83. The van der Waals surface area contributed by atoms with Gasteiger partial charge in [-0.1, -0.05) is 0 Å². The minimum Gasteiger partial charge on any atom is -0.508 e. The van der Waals surface area contributed by atoms with Gasteiger partial charge in [-0.05, 0) is 24.3 Å². The van der Waals surface area contributed by atoms with Gasteiger partial charge in [-0.15, -0.1) is 0 Å². The van der Waals surface area contributed by atoms with Crippen molar-refractivity contribution in [1.29, 1.82) is 0 Å². The Hall–Kier alpha value is -0.538. The summed E-state index contributed by atoms with van der Waals surface area (Å²) in [7, 11) is -4.13. The van der Waals surface area contributed by atoms with Crippen LogP contribution >= 0.6 is 0 Å². The van der Waals surface area contributed by atoms with Gasteiger partial charge in [0, 0.05) is 0 Å². The maximum atomic E-state index is 10.4. The fourth-order valence-corrected chi connectivity index (χ4v) is 1.10. The molecule has 1 rings (SSSR count). The predicted octanol–water partition coefficient (Wildman–Crippen LogP) is 0.258. The first-order valence-corrected chi connectivity index (χ1v) is 4.21. The van der Waals surface area contributed by atoms with E-state index in [-0.39, 0.29) is 28.0 Å². The Morgan fingerprint density at radius 1 is 1.08 bits per heavy atom. The molecule has 0 aliphatic carbocycles. The first-order valence-electron chi connectivity index (χ1n) is 2.77. The maximum absolute atomic E-state index is 10.4. The standard InChI is InChI=1S/C6H6O4S.Al/c7-5-1-3-6(4-2-5)11(8,9)10;/h1-4,7H,(H,8,9,10);/q;+3. The van der Waals surface area contributed by atoms with E-state index in [0.717, 1.165) is 12.1 Å². The molecule has 0 aromatic heterocycles. The fourth-order valence-electron chi connectivity index (χ4n) is 0.618. The van der Waals surface area contributed by atoms with Crippen LogP contribution in [0.25, 0.3) is 0 Å². The van der Waals surface area contributed by atoms with Crippen molar-refractivity contribution in [3.63, 3.8) is 0 Å². The van der Waals surface area contributed by atoms with Gasteiger partial charge in [0.25, 0.3) is 10.1 Å². The number of phenols is 1. The molecule has 12 heavy (non-hydrogen) atoms. The second kappa shape index (κ2) is 3.92. The van der Waals surface area contributed by atoms with E-state index in [0.29, 0.717) is 0 Å². The van der Waals surface area contributed by atoms with E-state index in [2.05, 4.69) is 0 Å². The Kier molecular flexibility index (Phi) is 3.74. The molecule has 2 N–H and O–H groups in total. The van der Waals surface area contributed by atoms with Crippen LogP contribution in [0.4, 0.5) is 0 Å². The average Bonchev–Trinajstić information content (AvgIpc) is 1.86. The van der Waals surface area contributed by atoms with Crippen LogP contribution in [0.15, 0.2) is 29.2 Å². The minimum absolute atomic E-state index is 0. The minimum atomic E-state index is -4.13. The van der Waals surface area contributed by atoms with Crippen LogP contribution in [0.1, 0.15) is 0 Å². The molecule has 6 heteroatoms. The monoisotopic (exact) mass is 201 g/mol. The number of aromatic hydroxyl groups is 1. The predicted molar refractivity (Wildman–Crippen MR) is 43.7 cm³/mol. The van der Waals surface area contributed by atoms with Gasteiger partial charge in [0.2, 0.25) is 0 Å². The van der Waals surface area contributed by atoms with Crippen molar-refractivity contribution in [2.75, 3.05) is 0 Å². The number of rotatable bonds is 1. The summed E-state index contributed by atoms with van der Waals surface area (Å²) in [5.41, 5.74) is 0. The topological polar surface area (TPSA) is 74.6 Å². The van der Waals surface area contributed by atoms with Crippen LogP contribution in [-0.4, -0.2) is 35.4 Å². The van der Waals surface area contributed by atoms with E-state index in [9.17, 15) is 8.42 Å². The van der Waals surface area contributed by atoms with Crippen molar-refractivity contribution in [1.82, 2.24) is 0 Å². The molecule has 0 heterocycles. The quantitative estimate of drug-likeness (QED) is 0.504. The van der Waals surface area contributed by atoms with Gasteiger partial charge in [0.1, 0.15) is 5.75 Å². The van der Waals surface area contributed by atoms with Gasteiger partial charge in [-0.2, -0.15) is 8.42 Å². The van der Waals surface area contributed by atoms with E-state index in [1.807, 2.05) is 0 Å². The molecule has 0 saturated carbocycles. The molecule has 4 nitrogen and oxygen atoms in total. The van der Waals surface area contributed by atoms with Crippen LogP contribution in [0.2, 0.25) is 0 Å². The Labute approximate surface area is 80.7 Å². The first kappa shape index (κ1) is 11.5. The van der Waals surface area contributed by atoms with E-state index in [1.54, 1.807) is 0 Å². The molecule has 1 aromatic carbocycles. The van der Waals surface area contributed by atoms with Crippen LogP contribution in [0, 0.1) is 0 Å². The zero-order valence-electron chi connectivity index (χ0n) is 6.01. The van der Waals surface area contributed by atoms with Crippen LogP contribution in [0.5, 0.6) is 5.75 Å². The van der Waals surface area contributed by atoms with Crippen molar-refractivity contribution in [2.45, 2.75) is 4.90 Å². The Balaban J connectivity index is 0.00000121. The van der Waals surface area contributed by atoms with E-state index >= 15 is 0 Å². The summed E-state index contributed by atoms with van der Waals surface area (Å²) in [6.45, 7) is 0. The molecule has 0 aliphatic heterocycles. The molecule has 0 bridgehead atoms. The normalized spacial score (nSPS) is 10.4. The van der Waals surface area contributed by atoms with Gasteiger partial charge < -0.3 is 5.11 Å². The van der Waals surface area contributed by atoms with Crippen molar-refractivity contribution in [3.05, 3.63) is 24.3 Å². The van der Waals surface area contributed by atoms with Gasteiger partial charge in [0.15, 0.2) is 0 Å². The van der Waals surface area contributed by atoms with Crippen molar-refractivity contribution < 1.29 is 18.1 Å². The van der Waals surface area contributed by atoms with Crippen LogP contribution < -0.4 is 0 Å². The number of phenolic OH excluding ortho intramolecular Hbond substituents is 1. The summed E-state index contributed by atoms with van der Waals surface area (Å²) in [6, 6.07) is 4.60. The smallest absolute Gasteiger partial charge is 0.508 e. The molecule has 0 aliphatic rings. The second-order valence-electron chi connectivity index (χ2n) is 1.97. The first-order chi connectivity index (χ1) is 5.00. The molecule has 0 amide bonds. The number of benzene rings is 1. The maximum Gasteiger partial charge on any atom is 3.00 e. The van der Waals surface area contributed by atoms with Crippen molar-refractivity contribution in [2.24, 2.45) is 0 Å². The molecular weight excluding hydrogens is 195 g/mol. The molecular formula is C6H6AlO4S+3. The fraction of sp³-hybridized carbons (Fsp3) is 0. The summed E-state index contributed by atoms with van der Waals surface area (Å²) < 4.78 is 29.3. The van der Waals surface area contributed by atoms with Crippen LogP contribution in [0.3, 0.4) is 0 Å². The molecule has 60 valence electrons. The number of hydrogen-bond acceptors (Lipinski definition) is 3. The zero-order valence-corrected chi connectivity index (χ0v) is 7.98.